The van der Waals surface area contributed by atoms with Crippen LogP contribution in [0.5, 0.6) is 11.5 Å². The molecule has 2 heterocycles. The third kappa shape index (κ3) is 2.71. The molecule has 0 bridgehead atoms. The Morgan fingerprint density at radius 2 is 1.90 bits per heavy atom. The van der Waals surface area contributed by atoms with Gasteiger partial charge in [0.05, 0.1) is 6.04 Å². The van der Waals surface area contributed by atoms with E-state index >= 15 is 0 Å². The smallest absolute Gasteiger partial charge is 0.231 e. The van der Waals surface area contributed by atoms with Crippen LogP contribution in [0, 0.1) is 0 Å². The lowest BCUT2D eigenvalue weighted by molar-refractivity contribution is -0.138. The van der Waals surface area contributed by atoms with Crippen molar-refractivity contribution in [3.8, 4) is 11.5 Å². The number of carbonyl (C=O) groups is 2. The summed E-state index contributed by atoms with van der Waals surface area (Å²) in [5.74, 6) is 1.24. The first-order valence-electron chi connectivity index (χ1n) is 7.15. The minimum Gasteiger partial charge on any atom is -0.454 e. The van der Waals surface area contributed by atoms with Crippen molar-refractivity contribution < 1.29 is 19.1 Å². The number of amides is 2. The fourth-order valence-electron chi connectivity index (χ4n) is 2.67. The average Bonchev–Trinajstić information content (AvgIpc) is 3.07. The van der Waals surface area contributed by atoms with Gasteiger partial charge in [-0.1, -0.05) is 13.0 Å². The lowest BCUT2D eigenvalue weighted by Crippen LogP contribution is -2.38. The van der Waals surface area contributed by atoms with Gasteiger partial charge in [-0.05, 0) is 24.2 Å². The lowest BCUT2D eigenvalue weighted by atomic mass is 10.1. The Labute approximate surface area is 123 Å². The zero-order valence-electron chi connectivity index (χ0n) is 11.9. The molecule has 1 fully saturated rings. The van der Waals surface area contributed by atoms with Gasteiger partial charge in [-0.3, -0.25) is 14.5 Å². The van der Waals surface area contributed by atoms with Gasteiger partial charge in [-0.15, -0.1) is 0 Å². The normalized spacial score (nSPS) is 18.4. The van der Waals surface area contributed by atoms with Crippen LogP contribution in [0.1, 0.15) is 31.4 Å². The van der Waals surface area contributed by atoms with Crippen LogP contribution in [0.2, 0.25) is 0 Å². The third-order valence-corrected chi connectivity index (χ3v) is 3.77. The number of nitrogens with one attached hydrogen (secondary N) is 1. The van der Waals surface area contributed by atoms with Crippen LogP contribution in [0.4, 0.5) is 0 Å². The second-order valence-electron chi connectivity index (χ2n) is 5.12. The molecule has 1 aromatic rings. The van der Waals surface area contributed by atoms with Crippen LogP contribution in [-0.2, 0) is 9.59 Å². The third-order valence-electron chi connectivity index (χ3n) is 3.77. The van der Waals surface area contributed by atoms with Crippen molar-refractivity contribution in [1.82, 2.24) is 10.2 Å². The second kappa shape index (κ2) is 5.73. The number of carbonyl (C=O) groups excluding carboxylic acids is 2. The fraction of sp³-hybridized carbons (Fsp3) is 0.467. The van der Waals surface area contributed by atoms with Crippen LogP contribution in [0.15, 0.2) is 18.2 Å². The van der Waals surface area contributed by atoms with E-state index in [-0.39, 0.29) is 24.6 Å². The Morgan fingerprint density at radius 3 is 2.62 bits per heavy atom. The predicted octanol–water partition coefficient (Wildman–Crippen LogP) is 1.21. The summed E-state index contributed by atoms with van der Waals surface area (Å²) in [4.78, 5) is 24.9. The minimum absolute atomic E-state index is 0.0938. The van der Waals surface area contributed by atoms with Crippen molar-refractivity contribution >= 4 is 11.8 Å². The van der Waals surface area contributed by atoms with Crippen molar-refractivity contribution in [2.75, 3.05) is 19.9 Å². The standard InChI is InChI=1S/C15H18N2O4/c1-2-16-11(8-17-14(18)5-6-15(17)19)10-3-4-12-13(7-10)21-9-20-12/h3-4,7,11,16H,2,5-6,8-9H2,1H3. The molecule has 1 unspecified atom stereocenters. The van der Waals surface area contributed by atoms with Crippen LogP contribution >= 0.6 is 0 Å². The Balaban J connectivity index is 1.81. The van der Waals surface area contributed by atoms with E-state index < -0.39 is 0 Å². The van der Waals surface area contributed by atoms with E-state index in [1.54, 1.807) is 0 Å². The maximum atomic E-state index is 11.8. The number of likely N-dealkylation sites (tertiary alicyclic amines) is 1. The molecule has 0 saturated carbocycles. The molecular formula is C15H18N2O4. The van der Waals surface area contributed by atoms with Gasteiger partial charge in [-0.2, -0.15) is 0 Å². The second-order valence-corrected chi connectivity index (χ2v) is 5.12. The summed E-state index contributed by atoms with van der Waals surface area (Å²) >= 11 is 0. The zero-order valence-corrected chi connectivity index (χ0v) is 11.9. The fourth-order valence-corrected chi connectivity index (χ4v) is 2.67. The molecule has 2 aliphatic heterocycles. The SMILES string of the molecule is CCNC(CN1C(=O)CCC1=O)c1ccc2c(c1)OCO2. The van der Waals surface area contributed by atoms with E-state index in [2.05, 4.69) is 5.32 Å². The van der Waals surface area contributed by atoms with E-state index in [4.69, 9.17) is 9.47 Å². The molecule has 2 amide bonds. The maximum absolute atomic E-state index is 11.8. The number of nitrogens with zero attached hydrogens (tertiary/aromatic N) is 1. The van der Waals surface area contributed by atoms with E-state index in [1.807, 2.05) is 25.1 Å². The molecule has 6 heteroatoms. The highest BCUT2D eigenvalue weighted by molar-refractivity contribution is 6.01. The van der Waals surface area contributed by atoms with Crippen LogP contribution < -0.4 is 14.8 Å². The van der Waals surface area contributed by atoms with Crippen molar-refractivity contribution in [3.05, 3.63) is 23.8 Å². The Bertz CT molecular complexity index is 557. The van der Waals surface area contributed by atoms with E-state index in [1.165, 1.54) is 4.90 Å². The van der Waals surface area contributed by atoms with Gasteiger partial charge in [-0.25, -0.2) is 0 Å². The van der Waals surface area contributed by atoms with Gasteiger partial charge in [0.1, 0.15) is 0 Å². The van der Waals surface area contributed by atoms with Gasteiger partial charge >= 0.3 is 0 Å². The Kier molecular flexibility index (Phi) is 3.79. The van der Waals surface area contributed by atoms with Crippen molar-refractivity contribution in [3.63, 3.8) is 0 Å². The summed E-state index contributed by atoms with van der Waals surface area (Å²) in [6.07, 6.45) is 0.637. The predicted molar refractivity (Wildman–Crippen MR) is 74.9 cm³/mol. The summed E-state index contributed by atoms with van der Waals surface area (Å²) in [5.41, 5.74) is 0.980. The molecule has 0 aromatic heterocycles. The molecule has 1 N–H and O–H groups in total. The monoisotopic (exact) mass is 290 g/mol. The number of benzene rings is 1. The minimum atomic E-state index is -0.101. The van der Waals surface area contributed by atoms with Crippen molar-refractivity contribution in [1.29, 1.82) is 0 Å². The average molecular weight is 290 g/mol. The highest BCUT2D eigenvalue weighted by Crippen LogP contribution is 2.34. The molecule has 0 aliphatic carbocycles. The summed E-state index contributed by atoms with van der Waals surface area (Å²) in [6, 6.07) is 5.60. The lowest BCUT2D eigenvalue weighted by Gasteiger charge is -2.23. The molecule has 3 rings (SSSR count). The Morgan fingerprint density at radius 1 is 1.19 bits per heavy atom. The molecule has 2 aliphatic rings. The summed E-state index contributed by atoms with van der Waals surface area (Å²) < 4.78 is 10.7. The molecule has 1 atom stereocenters. The molecular weight excluding hydrogens is 272 g/mol. The topological polar surface area (TPSA) is 67.9 Å². The number of imide groups is 1. The highest BCUT2D eigenvalue weighted by atomic mass is 16.7. The first kappa shape index (κ1) is 13.9. The van der Waals surface area contributed by atoms with E-state index in [9.17, 15) is 9.59 Å². The van der Waals surface area contributed by atoms with Gasteiger partial charge in [0.25, 0.3) is 0 Å². The number of fused-ring (bicyclic) bond motifs is 1. The molecule has 0 spiro atoms. The van der Waals surface area contributed by atoms with Gasteiger partial charge in [0.15, 0.2) is 11.5 Å². The Hall–Kier alpha value is -2.08. The van der Waals surface area contributed by atoms with Crippen LogP contribution in [0.25, 0.3) is 0 Å². The molecule has 0 radical (unpaired) electrons. The molecule has 112 valence electrons. The van der Waals surface area contributed by atoms with Crippen LogP contribution in [-0.4, -0.2) is 36.6 Å². The van der Waals surface area contributed by atoms with E-state index in [0.717, 1.165) is 17.9 Å². The zero-order chi connectivity index (χ0) is 14.8. The number of ether oxygens (including phenoxy) is 2. The summed E-state index contributed by atoms with van der Waals surface area (Å²) in [5, 5.41) is 3.32. The quantitative estimate of drug-likeness (QED) is 0.826. The molecule has 6 nitrogen and oxygen atoms in total. The first-order valence-corrected chi connectivity index (χ1v) is 7.15. The van der Waals surface area contributed by atoms with Gasteiger partial charge in [0, 0.05) is 19.4 Å². The number of rotatable bonds is 5. The highest BCUT2D eigenvalue weighted by Gasteiger charge is 2.31. The van der Waals surface area contributed by atoms with Crippen molar-refractivity contribution in [2.24, 2.45) is 0 Å². The summed E-state index contributed by atoms with van der Waals surface area (Å²) in [6.45, 7) is 3.32. The van der Waals surface area contributed by atoms with Crippen molar-refractivity contribution in [2.45, 2.75) is 25.8 Å². The van der Waals surface area contributed by atoms with Gasteiger partial charge < -0.3 is 14.8 Å². The molecule has 1 saturated heterocycles. The first-order chi connectivity index (χ1) is 10.2. The largest absolute Gasteiger partial charge is 0.454 e. The van der Waals surface area contributed by atoms with Gasteiger partial charge in [0.2, 0.25) is 18.6 Å². The number of hydrogen-bond acceptors (Lipinski definition) is 5. The molecule has 21 heavy (non-hydrogen) atoms. The number of hydrogen-bond donors (Lipinski definition) is 1. The number of likely N-dealkylation sites (N-methyl/N-ethyl adjacent to an activating group) is 1. The maximum Gasteiger partial charge on any atom is 0.231 e. The van der Waals surface area contributed by atoms with E-state index in [0.29, 0.717) is 25.1 Å². The molecule has 1 aromatic carbocycles. The summed E-state index contributed by atoms with van der Waals surface area (Å²) in [7, 11) is 0. The van der Waals surface area contributed by atoms with Crippen LogP contribution in [0.3, 0.4) is 0 Å².